The molecule has 0 saturated heterocycles. The quantitative estimate of drug-likeness (QED) is 0.607. The third kappa shape index (κ3) is 3.06. The van der Waals surface area contributed by atoms with Gasteiger partial charge in [0, 0.05) is 10.4 Å². The number of hydrogen-bond acceptors (Lipinski definition) is 3. The summed E-state index contributed by atoms with van der Waals surface area (Å²) in [6.45, 7) is 1.92. The van der Waals surface area contributed by atoms with Gasteiger partial charge in [-0.05, 0) is 37.3 Å². The van der Waals surface area contributed by atoms with Crippen LogP contribution in [-0.4, -0.2) is 16.0 Å². The van der Waals surface area contributed by atoms with Crippen molar-refractivity contribution in [2.24, 2.45) is 10.2 Å². The van der Waals surface area contributed by atoms with Crippen LogP contribution in [0.25, 0.3) is 10.9 Å². The fourth-order valence-corrected chi connectivity index (χ4v) is 2.68. The second kappa shape index (κ2) is 6.02. The smallest absolute Gasteiger partial charge is 0.296 e. The molecule has 0 fully saturated rings. The van der Waals surface area contributed by atoms with Crippen LogP contribution in [0.3, 0.4) is 0 Å². The molecule has 0 saturated carbocycles. The highest BCUT2D eigenvalue weighted by Gasteiger charge is 2.13. The number of nitrogens with one attached hydrogen (secondary N) is 1. The lowest BCUT2D eigenvalue weighted by Crippen LogP contribution is -1.94. The molecular formula is C16H11Cl2N3O2. The van der Waals surface area contributed by atoms with Gasteiger partial charge in [0.05, 0.1) is 16.1 Å². The normalized spacial score (nSPS) is 11.4. The van der Waals surface area contributed by atoms with Gasteiger partial charge in [-0.2, -0.15) is 0 Å². The fraction of sp³-hybridized carbons (Fsp3) is 0.0625. The predicted molar refractivity (Wildman–Crippen MR) is 90.0 cm³/mol. The molecule has 23 heavy (non-hydrogen) atoms. The standard InChI is InChI=1S/C16H11Cl2N3O2/c1-8-2-5-13-11(6-8)14(16(23)19-13)20-21-15(22)10-4-3-9(17)7-12(10)18/h2-7,19,23H,1H3. The first-order valence-corrected chi connectivity index (χ1v) is 7.43. The van der Waals surface area contributed by atoms with Gasteiger partial charge in [0.1, 0.15) is 0 Å². The van der Waals surface area contributed by atoms with E-state index in [2.05, 4.69) is 15.2 Å². The van der Waals surface area contributed by atoms with Gasteiger partial charge in [-0.15, -0.1) is 10.2 Å². The summed E-state index contributed by atoms with van der Waals surface area (Å²) in [5.74, 6) is -0.766. The van der Waals surface area contributed by atoms with Crippen LogP contribution >= 0.6 is 23.2 Å². The molecule has 0 bridgehead atoms. The maximum Gasteiger partial charge on any atom is 0.296 e. The van der Waals surface area contributed by atoms with E-state index in [-0.39, 0.29) is 22.2 Å². The monoisotopic (exact) mass is 347 g/mol. The van der Waals surface area contributed by atoms with E-state index in [1.807, 2.05) is 25.1 Å². The summed E-state index contributed by atoms with van der Waals surface area (Å²) in [4.78, 5) is 14.9. The molecule has 0 radical (unpaired) electrons. The molecule has 1 aromatic heterocycles. The first-order chi connectivity index (χ1) is 11.0. The Morgan fingerprint density at radius 3 is 2.70 bits per heavy atom. The van der Waals surface area contributed by atoms with E-state index in [1.165, 1.54) is 12.1 Å². The minimum atomic E-state index is -0.618. The Labute approximate surface area is 141 Å². The maximum absolute atomic E-state index is 12.1. The molecular weight excluding hydrogens is 337 g/mol. The highest BCUT2D eigenvalue weighted by molar-refractivity contribution is 6.36. The Hall–Kier alpha value is -2.37. The largest absolute Gasteiger partial charge is 0.493 e. The Balaban J connectivity index is 1.98. The summed E-state index contributed by atoms with van der Waals surface area (Å²) in [6.07, 6.45) is 0. The molecule has 7 heteroatoms. The minimum Gasteiger partial charge on any atom is -0.493 e. The second-order valence-corrected chi connectivity index (χ2v) is 5.84. The van der Waals surface area contributed by atoms with Crippen LogP contribution in [-0.2, 0) is 0 Å². The van der Waals surface area contributed by atoms with Crippen molar-refractivity contribution in [1.82, 2.24) is 4.98 Å². The van der Waals surface area contributed by atoms with Crippen molar-refractivity contribution >= 4 is 45.7 Å². The predicted octanol–water partition coefficient (Wildman–Crippen LogP) is 5.41. The van der Waals surface area contributed by atoms with Crippen molar-refractivity contribution in [2.75, 3.05) is 0 Å². The van der Waals surface area contributed by atoms with Gasteiger partial charge < -0.3 is 10.1 Å². The molecule has 0 aliphatic rings. The van der Waals surface area contributed by atoms with Crippen LogP contribution in [0, 0.1) is 6.92 Å². The highest BCUT2D eigenvalue weighted by Crippen LogP contribution is 2.36. The topological polar surface area (TPSA) is 77.8 Å². The average molecular weight is 348 g/mol. The van der Waals surface area contributed by atoms with Gasteiger partial charge in [-0.25, -0.2) is 0 Å². The van der Waals surface area contributed by atoms with Crippen molar-refractivity contribution in [3.63, 3.8) is 0 Å². The van der Waals surface area contributed by atoms with Crippen LogP contribution in [0.2, 0.25) is 10.0 Å². The van der Waals surface area contributed by atoms with E-state index in [0.717, 1.165) is 5.56 Å². The molecule has 0 unspecified atom stereocenters. The Kier molecular flexibility index (Phi) is 4.07. The number of aromatic hydroxyl groups is 1. The van der Waals surface area contributed by atoms with Gasteiger partial charge in [0.15, 0.2) is 5.69 Å². The van der Waals surface area contributed by atoms with E-state index >= 15 is 0 Å². The molecule has 5 nitrogen and oxygen atoms in total. The molecule has 1 amide bonds. The molecule has 3 aromatic rings. The van der Waals surface area contributed by atoms with Crippen molar-refractivity contribution in [2.45, 2.75) is 6.92 Å². The third-order valence-corrected chi connectivity index (χ3v) is 3.86. The molecule has 1 heterocycles. The zero-order chi connectivity index (χ0) is 16.6. The van der Waals surface area contributed by atoms with Crippen molar-refractivity contribution < 1.29 is 9.90 Å². The zero-order valence-electron chi connectivity index (χ0n) is 12.0. The molecule has 0 aliphatic heterocycles. The molecule has 0 aliphatic carbocycles. The van der Waals surface area contributed by atoms with Crippen LogP contribution in [0.4, 0.5) is 5.69 Å². The number of H-pyrrole nitrogens is 1. The molecule has 0 atom stereocenters. The molecule has 2 aromatic carbocycles. The number of aromatic amines is 1. The number of fused-ring (bicyclic) bond motifs is 1. The summed E-state index contributed by atoms with van der Waals surface area (Å²) in [6, 6.07) is 10.0. The first-order valence-electron chi connectivity index (χ1n) is 6.68. The number of hydrogen-bond donors (Lipinski definition) is 2. The lowest BCUT2D eigenvalue weighted by Gasteiger charge is -1.99. The lowest BCUT2D eigenvalue weighted by atomic mass is 10.1. The lowest BCUT2D eigenvalue weighted by molar-refractivity contribution is 0.0995. The number of azo groups is 1. The number of aromatic nitrogens is 1. The van der Waals surface area contributed by atoms with Crippen LogP contribution in [0.5, 0.6) is 5.88 Å². The molecule has 116 valence electrons. The third-order valence-electron chi connectivity index (χ3n) is 3.31. The number of nitrogens with zero attached hydrogens (tertiary/aromatic N) is 2. The van der Waals surface area contributed by atoms with Gasteiger partial charge in [0.2, 0.25) is 5.88 Å². The number of benzene rings is 2. The van der Waals surface area contributed by atoms with Crippen LogP contribution in [0.15, 0.2) is 46.6 Å². The summed E-state index contributed by atoms with van der Waals surface area (Å²) >= 11 is 11.8. The average Bonchev–Trinajstić information content (AvgIpc) is 2.79. The Morgan fingerprint density at radius 1 is 1.17 bits per heavy atom. The van der Waals surface area contributed by atoms with E-state index in [0.29, 0.717) is 15.9 Å². The number of carbonyl (C=O) groups excluding carboxylic acids is 1. The van der Waals surface area contributed by atoms with Gasteiger partial charge >= 0.3 is 0 Å². The van der Waals surface area contributed by atoms with Gasteiger partial charge in [-0.3, -0.25) is 4.79 Å². The van der Waals surface area contributed by atoms with Crippen LogP contribution < -0.4 is 0 Å². The Bertz CT molecular complexity index is 948. The van der Waals surface area contributed by atoms with Crippen molar-refractivity contribution in [1.29, 1.82) is 0 Å². The SMILES string of the molecule is Cc1ccc2[nH]c(O)c(N=NC(=O)c3ccc(Cl)cc3Cl)c2c1. The summed E-state index contributed by atoms with van der Waals surface area (Å²) in [5, 5.41) is 18.8. The second-order valence-electron chi connectivity index (χ2n) is 5.00. The molecule has 3 rings (SSSR count). The van der Waals surface area contributed by atoms with E-state index in [1.54, 1.807) is 6.07 Å². The molecule has 0 spiro atoms. The van der Waals surface area contributed by atoms with E-state index in [4.69, 9.17) is 23.2 Å². The minimum absolute atomic E-state index is 0.149. The number of aryl methyl sites for hydroxylation is 1. The van der Waals surface area contributed by atoms with Gasteiger partial charge in [-0.1, -0.05) is 34.8 Å². The summed E-state index contributed by atoms with van der Waals surface area (Å²) in [5.41, 5.74) is 2.11. The summed E-state index contributed by atoms with van der Waals surface area (Å²) in [7, 11) is 0. The van der Waals surface area contributed by atoms with Crippen LogP contribution in [0.1, 0.15) is 15.9 Å². The van der Waals surface area contributed by atoms with E-state index < -0.39 is 5.91 Å². The van der Waals surface area contributed by atoms with E-state index in [9.17, 15) is 9.90 Å². The molecule has 2 N–H and O–H groups in total. The summed E-state index contributed by atoms with van der Waals surface area (Å²) < 4.78 is 0. The first kappa shape index (κ1) is 15.5. The number of amides is 1. The fourth-order valence-electron chi connectivity index (χ4n) is 2.19. The van der Waals surface area contributed by atoms with Crippen molar-refractivity contribution in [3.05, 3.63) is 57.6 Å². The number of carbonyl (C=O) groups is 1. The maximum atomic E-state index is 12.1. The Morgan fingerprint density at radius 2 is 1.96 bits per heavy atom. The number of rotatable bonds is 2. The zero-order valence-corrected chi connectivity index (χ0v) is 13.5. The van der Waals surface area contributed by atoms with Gasteiger partial charge in [0.25, 0.3) is 5.91 Å². The van der Waals surface area contributed by atoms with Crippen molar-refractivity contribution in [3.8, 4) is 5.88 Å². The number of halogens is 2. The highest BCUT2D eigenvalue weighted by atomic mass is 35.5.